The van der Waals surface area contributed by atoms with E-state index in [0.717, 1.165) is 17.2 Å². The first-order chi connectivity index (χ1) is 11.2. The van der Waals surface area contributed by atoms with Crippen LogP contribution >= 0.6 is 0 Å². The highest BCUT2D eigenvalue weighted by Gasteiger charge is 2.22. The van der Waals surface area contributed by atoms with Crippen molar-refractivity contribution in [2.24, 2.45) is 5.14 Å². The zero-order valence-electron chi connectivity index (χ0n) is 12.5. The molecule has 7 nitrogen and oxygen atoms in total. The van der Waals surface area contributed by atoms with Crippen LogP contribution < -0.4 is 10.0 Å². The molecule has 0 saturated carbocycles. The Labute approximate surface area is 137 Å². The predicted octanol–water partition coefficient (Wildman–Crippen LogP) is 1.94. The van der Waals surface area contributed by atoms with Crippen molar-refractivity contribution in [3.05, 3.63) is 63.5 Å². The first kappa shape index (κ1) is 16.3. The molecule has 0 unspecified atom stereocenters. The average molecular weight is 351 g/mol. The van der Waals surface area contributed by atoms with Crippen molar-refractivity contribution in [2.45, 2.75) is 17.9 Å². The minimum absolute atomic E-state index is 0.309. The van der Waals surface area contributed by atoms with Crippen LogP contribution in [0.25, 0.3) is 0 Å². The molecule has 0 atom stereocenters. The number of nitro groups is 1. The van der Waals surface area contributed by atoms with E-state index >= 15 is 0 Å². The molecular weight excluding hydrogens is 337 g/mol. The van der Waals surface area contributed by atoms with Gasteiger partial charge in [0.25, 0.3) is 5.69 Å². The van der Waals surface area contributed by atoms with Crippen molar-refractivity contribution in [2.75, 3.05) is 11.4 Å². The van der Waals surface area contributed by atoms with Crippen LogP contribution in [0, 0.1) is 15.9 Å². The van der Waals surface area contributed by atoms with Crippen molar-refractivity contribution >= 4 is 21.4 Å². The smallest absolute Gasteiger partial charge is 0.272 e. The zero-order chi connectivity index (χ0) is 17.5. The van der Waals surface area contributed by atoms with E-state index in [1.807, 2.05) is 4.90 Å². The standard InChI is InChI=1S/C15H14FN3O4S/c16-12-2-1-11-9-18(4-3-10(11)5-12)13-6-14(19(20)21)8-15(7-13)24(17,22)23/h1-2,5-8H,3-4,9H2,(H2,17,22,23). The fraction of sp³-hybridized carbons (Fsp3) is 0.200. The normalized spacial score (nSPS) is 14.3. The van der Waals surface area contributed by atoms with Crippen molar-refractivity contribution in [3.8, 4) is 0 Å². The number of halogens is 1. The lowest BCUT2D eigenvalue weighted by molar-refractivity contribution is -0.385. The molecule has 0 saturated heterocycles. The lowest BCUT2D eigenvalue weighted by atomic mass is 9.99. The molecule has 24 heavy (non-hydrogen) atoms. The zero-order valence-corrected chi connectivity index (χ0v) is 13.3. The molecular formula is C15H14FN3O4S. The monoisotopic (exact) mass is 351 g/mol. The van der Waals surface area contributed by atoms with Gasteiger partial charge in [-0.25, -0.2) is 17.9 Å². The van der Waals surface area contributed by atoms with Gasteiger partial charge in [-0.1, -0.05) is 6.07 Å². The number of hydrogen-bond acceptors (Lipinski definition) is 5. The van der Waals surface area contributed by atoms with Crippen LogP contribution in [0.1, 0.15) is 11.1 Å². The number of fused-ring (bicyclic) bond motifs is 1. The van der Waals surface area contributed by atoms with E-state index in [9.17, 15) is 22.9 Å². The fourth-order valence-corrected chi connectivity index (χ4v) is 3.33. The molecule has 1 aliphatic rings. The van der Waals surface area contributed by atoms with Crippen LogP contribution in [0.4, 0.5) is 15.8 Å². The number of hydrogen-bond donors (Lipinski definition) is 1. The number of primary sulfonamides is 1. The summed E-state index contributed by atoms with van der Waals surface area (Å²) in [6.45, 7) is 0.891. The number of nitrogens with zero attached hydrogens (tertiary/aromatic N) is 2. The predicted molar refractivity (Wildman–Crippen MR) is 85.6 cm³/mol. The summed E-state index contributed by atoms with van der Waals surface area (Å²) in [5, 5.41) is 16.2. The second-order valence-electron chi connectivity index (χ2n) is 5.57. The van der Waals surface area contributed by atoms with Gasteiger partial charge in [-0.2, -0.15) is 0 Å². The molecule has 0 aromatic heterocycles. The maximum atomic E-state index is 13.3. The Kier molecular flexibility index (Phi) is 3.98. The van der Waals surface area contributed by atoms with Crippen molar-refractivity contribution in [1.29, 1.82) is 0 Å². The molecule has 0 aliphatic carbocycles. The Balaban J connectivity index is 2.02. The first-order valence-corrected chi connectivity index (χ1v) is 8.63. The highest BCUT2D eigenvalue weighted by atomic mass is 32.2. The number of nitrogens with two attached hydrogens (primary N) is 1. The fourth-order valence-electron chi connectivity index (χ4n) is 2.76. The Hall–Kier alpha value is -2.52. The second-order valence-corrected chi connectivity index (χ2v) is 7.13. The van der Waals surface area contributed by atoms with Crippen LogP contribution in [0.5, 0.6) is 0 Å². The van der Waals surface area contributed by atoms with Gasteiger partial charge in [0.05, 0.1) is 9.82 Å². The molecule has 0 fully saturated rings. The minimum atomic E-state index is -4.07. The van der Waals surface area contributed by atoms with Crippen molar-refractivity contribution < 1.29 is 17.7 Å². The summed E-state index contributed by atoms with van der Waals surface area (Å²) in [5.41, 5.74) is 1.82. The third-order valence-corrected chi connectivity index (χ3v) is 4.85. The van der Waals surface area contributed by atoms with Crippen molar-refractivity contribution in [3.63, 3.8) is 0 Å². The largest absolute Gasteiger partial charge is 0.367 e. The third kappa shape index (κ3) is 3.22. The van der Waals surface area contributed by atoms with E-state index in [0.29, 0.717) is 25.2 Å². The molecule has 0 amide bonds. The quantitative estimate of drug-likeness (QED) is 0.672. The van der Waals surface area contributed by atoms with Gasteiger partial charge in [0.2, 0.25) is 10.0 Å². The Morgan fingerprint density at radius 1 is 1.17 bits per heavy atom. The van der Waals surface area contributed by atoms with Crippen LogP contribution in [0.2, 0.25) is 0 Å². The van der Waals surface area contributed by atoms with Gasteiger partial charge in [0.15, 0.2) is 0 Å². The van der Waals surface area contributed by atoms with E-state index in [-0.39, 0.29) is 16.4 Å². The average Bonchev–Trinajstić information content (AvgIpc) is 2.53. The van der Waals surface area contributed by atoms with E-state index in [4.69, 9.17) is 5.14 Å². The topological polar surface area (TPSA) is 107 Å². The van der Waals surface area contributed by atoms with Crippen LogP contribution in [-0.4, -0.2) is 19.9 Å². The molecule has 1 aliphatic heterocycles. The van der Waals surface area contributed by atoms with Crippen LogP contribution in [-0.2, 0) is 23.0 Å². The lowest BCUT2D eigenvalue weighted by Gasteiger charge is -2.30. The minimum Gasteiger partial charge on any atom is -0.367 e. The van der Waals surface area contributed by atoms with E-state index in [1.165, 1.54) is 24.3 Å². The molecule has 126 valence electrons. The number of sulfonamides is 1. The first-order valence-electron chi connectivity index (χ1n) is 7.08. The van der Waals surface area contributed by atoms with Crippen LogP contribution in [0.15, 0.2) is 41.3 Å². The number of anilines is 1. The summed E-state index contributed by atoms with van der Waals surface area (Å²) in [5.74, 6) is -0.311. The molecule has 0 radical (unpaired) electrons. The van der Waals surface area contributed by atoms with E-state index in [1.54, 1.807) is 6.07 Å². The van der Waals surface area contributed by atoms with Gasteiger partial charge in [-0.15, -0.1) is 0 Å². The molecule has 2 aromatic rings. The number of rotatable bonds is 3. The molecule has 2 N–H and O–H groups in total. The summed E-state index contributed by atoms with van der Waals surface area (Å²) < 4.78 is 36.4. The highest BCUT2D eigenvalue weighted by molar-refractivity contribution is 7.89. The molecule has 1 heterocycles. The molecule has 2 aromatic carbocycles. The number of non-ortho nitro benzene ring substituents is 1. The third-order valence-electron chi connectivity index (χ3n) is 3.96. The Morgan fingerprint density at radius 3 is 2.58 bits per heavy atom. The van der Waals surface area contributed by atoms with Gasteiger partial charge >= 0.3 is 0 Å². The van der Waals surface area contributed by atoms with Crippen LogP contribution in [0.3, 0.4) is 0 Å². The molecule has 3 rings (SSSR count). The van der Waals surface area contributed by atoms with E-state index in [2.05, 4.69) is 0 Å². The summed E-state index contributed by atoms with van der Waals surface area (Å²) in [6.07, 6.45) is 0.556. The SMILES string of the molecule is NS(=O)(=O)c1cc(N2CCc3cc(F)ccc3C2)cc([N+](=O)[O-])c1. The number of nitro benzene ring substituents is 1. The summed E-state index contributed by atoms with van der Waals surface area (Å²) >= 11 is 0. The van der Waals surface area contributed by atoms with Gasteiger partial charge in [-0.3, -0.25) is 10.1 Å². The summed E-state index contributed by atoms with van der Waals surface area (Å²) in [4.78, 5) is 11.9. The maximum Gasteiger partial charge on any atom is 0.272 e. The molecule has 0 bridgehead atoms. The Bertz CT molecular complexity index is 930. The maximum absolute atomic E-state index is 13.3. The van der Waals surface area contributed by atoms with E-state index < -0.39 is 14.9 Å². The van der Waals surface area contributed by atoms with Gasteiger partial charge in [0, 0.05) is 30.9 Å². The van der Waals surface area contributed by atoms with Crippen molar-refractivity contribution in [1.82, 2.24) is 0 Å². The summed E-state index contributed by atoms with van der Waals surface area (Å²) in [6, 6.07) is 8.04. The highest BCUT2D eigenvalue weighted by Crippen LogP contribution is 2.30. The second kappa shape index (κ2) is 5.84. The molecule has 9 heteroatoms. The number of benzene rings is 2. The van der Waals surface area contributed by atoms with Gasteiger partial charge in [0.1, 0.15) is 5.82 Å². The Morgan fingerprint density at radius 2 is 1.92 bits per heavy atom. The molecule has 0 spiro atoms. The summed E-state index contributed by atoms with van der Waals surface area (Å²) in [7, 11) is -4.07. The van der Waals surface area contributed by atoms with Gasteiger partial charge in [-0.05, 0) is 35.7 Å². The lowest BCUT2D eigenvalue weighted by Crippen LogP contribution is -2.30. The van der Waals surface area contributed by atoms with Gasteiger partial charge < -0.3 is 4.90 Å².